The van der Waals surface area contributed by atoms with Crippen LogP contribution in [-0.2, 0) is 0 Å². The van der Waals surface area contributed by atoms with Crippen LogP contribution in [0, 0.1) is 0 Å². The monoisotopic (exact) mass is 404 g/mol. The quantitative estimate of drug-likeness (QED) is 0.704. The molecule has 1 aromatic rings. The van der Waals surface area contributed by atoms with Crippen LogP contribution in [0.15, 0.2) is 28.7 Å². The summed E-state index contributed by atoms with van der Waals surface area (Å²) in [5.74, 6) is -20.0. The highest BCUT2D eigenvalue weighted by Crippen LogP contribution is 2.56. The van der Waals surface area contributed by atoms with Crippen LogP contribution in [0.25, 0.3) is 0 Å². The topological polar surface area (TPSA) is 20.2 Å². The molecule has 0 fully saturated rings. The van der Waals surface area contributed by atoms with Crippen LogP contribution in [0.1, 0.15) is 11.7 Å². The molecule has 0 heterocycles. The fraction of sp³-hybridized carbons (Fsp3) is 0.455. The molecule has 0 radical (unpaired) electrons. The van der Waals surface area contributed by atoms with E-state index < -0.39 is 35.6 Å². The van der Waals surface area contributed by atoms with Gasteiger partial charge < -0.3 is 5.11 Å². The lowest BCUT2D eigenvalue weighted by Gasteiger charge is -2.35. The van der Waals surface area contributed by atoms with Crippen LogP contribution in [-0.4, -0.2) is 29.1 Å². The van der Waals surface area contributed by atoms with E-state index in [2.05, 4.69) is 15.9 Å². The highest BCUT2D eigenvalue weighted by molar-refractivity contribution is 9.10. The number of hydrogen-bond donors (Lipinski definition) is 1. The van der Waals surface area contributed by atoms with Crippen molar-refractivity contribution in [3.05, 3.63) is 34.3 Å². The normalized spacial score (nSPS) is 15.8. The first-order valence-electron chi connectivity index (χ1n) is 5.30. The predicted molar refractivity (Wildman–Crippen MR) is 60.0 cm³/mol. The van der Waals surface area contributed by atoms with Gasteiger partial charge in [-0.1, -0.05) is 28.1 Å². The Bertz CT molecular complexity index is 523. The van der Waals surface area contributed by atoms with E-state index in [0.717, 1.165) is 12.1 Å². The van der Waals surface area contributed by atoms with Crippen LogP contribution >= 0.6 is 15.9 Å². The van der Waals surface area contributed by atoms with Gasteiger partial charge in [-0.15, -0.1) is 0 Å². The van der Waals surface area contributed by atoms with E-state index in [4.69, 9.17) is 5.11 Å². The van der Waals surface area contributed by atoms with Gasteiger partial charge in [-0.25, -0.2) is 0 Å². The van der Waals surface area contributed by atoms with Gasteiger partial charge in [-0.3, -0.25) is 0 Å². The minimum Gasteiger partial charge on any atom is -0.382 e. The summed E-state index contributed by atoms with van der Waals surface area (Å²) in [6.07, 6.45) is -10.5. The Labute approximate surface area is 125 Å². The SMILES string of the molecule is O[C@H](c1ccc(Br)cc1)C(F)(F)C(F)(F)C(F)(F)C(F)(F)F. The zero-order valence-corrected chi connectivity index (χ0v) is 11.7. The lowest BCUT2D eigenvalue weighted by molar-refractivity contribution is -0.406. The van der Waals surface area contributed by atoms with Crippen molar-refractivity contribution < 1.29 is 44.6 Å². The molecule has 0 spiro atoms. The second kappa shape index (κ2) is 5.59. The highest BCUT2D eigenvalue weighted by Gasteiger charge is 2.83. The van der Waals surface area contributed by atoms with Crippen molar-refractivity contribution in [3.63, 3.8) is 0 Å². The van der Waals surface area contributed by atoms with E-state index in [0.29, 0.717) is 12.1 Å². The van der Waals surface area contributed by atoms with Crippen LogP contribution in [0.2, 0.25) is 0 Å². The summed E-state index contributed by atoms with van der Waals surface area (Å²) in [5, 5.41) is 9.16. The van der Waals surface area contributed by atoms with Crippen molar-refractivity contribution in [2.75, 3.05) is 0 Å². The second-order valence-corrected chi connectivity index (χ2v) is 5.14. The molecule has 0 amide bonds. The molecule has 0 bridgehead atoms. The first kappa shape index (κ1) is 19.1. The summed E-state index contributed by atoms with van der Waals surface area (Å²) in [5.41, 5.74) is -0.953. The molecular weight excluding hydrogens is 399 g/mol. The van der Waals surface area contributed by atoms with Gasteiger partial charge in [-0.05, 0) is 17.7 Å². The molecule has 0 aliphatic rings. The van der Waals surface area contributed by atoms with Gasteiger partial charge in [0.15, 0.2) is 0 Å². The number of hydrogen-bond acceptors (Lipinski definition) is 1. The molecule has 1 aromatic carbocycles. The molecule has 1 N–H and O–H groups in total. The first-order chi connectivity index (χ1) is 9.66. The van der Waals surface area contributed by atoms with Crippen molar-refractivity contribution in [2.24, 2.45) is 0 Å². The number of aliphatic hydroxyl groups excluding tert-OH is 1. The first-order valence-corrected chi connectivity index (χ1v) is 6.09. The number of benzene rings is 1. The molecule has 126 valence electrons. The molecule has 0 saturated carbocycles. The van der Waals surface area contributed by atoms with Crippen molar-refractivity contribution >= 4 is 15.9 Å². The van der Waals surface area contributed by atoms with Crippen LogP contribution in [0.3, 0.4) is 0 Å². The summed E-state index contributed by atoms with van der Waals surface area (Å²) in [7, 11) is 0. The van der Waals surface area contributed by atoms with Gasteiger partial charge in [0.05, 0.1) is 0 Å². The molecule has 1 atom stereocenters. The van der Waals surface area contributed by atoms with E-state index in [-0.39, 0.29) is 4.47 Å². The smallest absolute Gasteiger partial charge is 0.382 e. The van der Waals surface area contributed by atoms with Gasteiger partial charge in [0, 0.05) is 4.47 Å². The number of halogens is 10. The van der Waals surface area contributed by atoms with Gasteiger partial charge in [0.25, 0.3) is 0 Å². The van der Waals surface area contributed by atoms with Crippen LogP contribution in [0.5, 0.6) is 0 Å². The summed E-state index contributed by atoms with van der Waals surface area (Å²) >= 11 is 2.86. The predicted octanol–water partition coefficient (Wildman–Crippen LogP) is 4.95. The van der Waals surface area contributed by atoms with Gasteiger partial charge in [0.2, 0.25) is 0 Å². The third kappa shape index (κ3) is 2.92. The minimum atomic E-state index is -7.03. The maximum atomic E-state index is 13.4. The van der Waals surface area contributed by atoms with E-state index in [1.54, 1.807) is 0 Å². The summed E-state index contributed by atoms with van der Waals surface area (Å²) in [4.78, 5) is 0. The zero-order valence-electron chi connectivity index (χ0n) is 10.1. The van der Waals surface area contributed by atoms with E-state index in [9.17, 15) is 39.5 Å². The van der Waals surface area contributed by atoms with Crippen LogP contribution < -0.4 is 0 Å². The molecule has 1 nitrogen and oxygen atoms in total. The Balaban J connectivity index is 3.29. The van der Waals surface area contributed by atoms with Crippen LogP contribution in [0.4, 0.5) is 39.5 Å². The maximum Gasteiger partial charge on any atom is 0.460 e. The average molecular weight is 405 g/mol. The lowest BCUT2D eigenvalue weighted by Crippen LogP contribution is -2.62. The molecule has 0 saturated heterocycles. The molecule has 22 heavy (non-hydrogen) atoms. The minimum absolute atomic E-state index is 0.277. The van der Waals surface area contributed by atoms with Gasteiger partial charge >= 0.3 is 23.9 Å². The third-order valence-corrected chi connectivity index (χ3v) is 3.23. The Morgan fingerprint density at radius 3 is 1.55 bits per heavy atom. The zero-order chi connectivity index (χ0) is 17.6. The second-order valence-electron chi connectivity index (χ2n) is 4.22. The average Bonchev–Trinajstić information content (AvgIpc) is 2.37. The lowest BCUT2D eigenvalue weighted by atomic mass is 9.94. The Kier molecular flexibility index (Phi) is 4.85. The van der Waals surface area contributed by atoms with Gasteiger partial charge in [0.1, 0.15) is 6.10 Å². The highest BCUT2D eigenvalue weighted by atomic mass is 79.9. The van der Waals surface area contributed by atoms with Crippen molar-refractivity contribution in [1.82, 2.24) is 0 Å². The molecule has 0 aromatic heterocycles. The van der Waals surface area contributed by atoms with Crippen molar-refractivity contribution in [2.45, 2.75) is 30.0 Å². The standard InChI is InChI=1S/C11H6BrF9O/c12-6-3-1-5(2-4-6)7(22)8(13,14)9(15,16)10(17,18)11(19,20)21/h1-4,7,22H/t7-/m1/s1. The Morgan fingerprint density at radius 1 is 0.773 bits per heavy atom. The third-order valence-electron chi connectivity index (χ3n) is 2.70. The summed E-state index contributed by atoms with van der Waals surface area (Å²) < 4.78 is 114. The van der Waals surface area contributed by atoms with Crippen molar-refractivity contribution in [1.29, 1.82) is 0 Å². The number of rotatable bonds is 4. The van der Waals surface area contributed by atoms with E-state index >= 15 is 0 Å². The maximum absolute atomic E-state index is 13.4. The Hall–Kier alpha value is -0.970. The van der Waals surface area contributed by atoms with Gasteiger partial charge in [-0.2, -0.15) is 39.5 Å². The number of aliphatic hydroxyl groups is 1. The molecule has 11 heteroatoms. The fourth-order valence-corrected chi connectivity index (χ4v) is 1.68. The molecule has 1 rings (SSSR count). The summed E-state index contributed by atoms with van der Waals surface area (Å²) in [6, 6.07) is 3.36. The fourth-order valence-electron chi connectivity index (χ4n) is 1.41. The van der Waals surface area contributed by atoms with E-state index in [1.807, 2.05) is 0 Å². The Morgan fingerprint density at radius 2 is 1.18 bits per heavy atom. The number of alkyl halides is 9. The molecular formula is C11H6BrF9O. The van der Waals surface area contributed by atoms with E-state index in [1.165, 1.54) is 0 Å². The molecule has 0 aliphatic carbocycles. The summed E-state index contributed by atoms with van der Waals surface area (Å²) in [6.45, 7) is 0. The molecule has 0 unspecified atom stereocenters. The van der Waals surface area contributed by atoms with Crippen molar-refractivity contribution in [3.8, 4) is 0 Å². The largest absolute Gasteiger partial charge is 0.460 e. The molecule has 0 aliphatic heterocycles.